The molecule has 0 heterocycles. The number of benzene rings is 2. The van der Waals surface area contributed by atoms with Crippen molar-refractivity contribution in [3.05, 3.63) is 125 Å². The van der Waals surface area contributed by atoms with E-state index in [0.717, 1.165) is 25.7 Å². The third kappa shape index (κ3) is 4.11. The second-order valence-corrected chi connectivity index (χ2v) is 8.97. The lowest BCUT2D eigenvalue weighted by molar-refractivity contribution is 0.716. The molecule has 163 valence electrons. The van der Waals surface area contributed by atoms with Crippen molar-refractivity contribution in [3.63, 3.8) is 0 Å². The smallest absolute Gasteiger partial charge is 0.0317 e. The van der Waals surface area contributed by atoms with Crippen LogP contribution in [-0.4, -0.2) is 0 Å². The molecule has 0 fully saturated rings. The van der Waals surface area contributed by atoms with Crippen molar-refractivity contribution < 1.29 is 0 Å². The maximum Gasteiger partial charge on any atom is 0.0317 e. The van der Waals surface area contributed by atoms with Gasteiger partial charge in [-0.1, -0.05) is 91.6 Å². The maximum absolute atomic E-state index is 4.08. The van der Waals surface area contributed by atoms with E-state index in [2.05, 4.69) is 81.6 Å². The zero-order chi connectivity index (χ0) is 22.5. The molecule has 0 aromatic heterocycles. The largest absolute Gasteiger partial charge is 0.103 e. The third-order valence-corrected chi connectivity index (χ3v) is 6.82. The minimum atomic E-state index is 0.285. The quantitative estimate of drug-likeness (QED) is 0.252. The van der Waals surface area contributed by atoms with Crippen LogP contribution >= 0.6 is 0 Å². The molecule has 0 saturated heterocycles. The molecule has 2 aliphatic rings. The Bertz CT molecular complexity index is 1090. The van der Waals surface area contributed by atoms with Gasteiger partial charge in [-0.2, -0.15) is 0 Å². The van der Waals surface area contributed by atoms with Crippen LogP contribution in [0.2, 0.25) is 0 Å². The van der Waals surface area contributed by atoms with Gasteiger partial charge in [0, 0.05) is 12.3 Å². The maximum atomic E-state index is 4.08. The van der Waals surface area contributed by atoms with Gasteiger partial charge in [-0.25, -0.2) is 0 Å². The van der Waals surface area contributed by atoms with E-state index in [1.165, 1.54) is 69.4 Å². The third-order valence-electron chi connectivity index (χ3n) is 6.82. The van der Waals surface area contributed by atoms with Crippen LogP contribution in [-0.2, 0) is 12.8 Å². The second-order valence-electron chi connectivity index (χ2n) is 8.97. The Hall–Kier alpha value is -2.86. The summed E-state index contributed by atoms with van der Waals surface area (Å²) in [6.45, 7) is 14.4. The van der Waals surface area contributed by atoms with Gasteiger partial charge in [0.05, 0.1) is 0 Å². The molecule has 0 heteroatoms. The van der Waals surface area contributed by atoms with Gasteiger partial charge in [0.15, 0.2) is 0 Å². The highest BCUT2D eigenvalue weighted by molar-refractivity contribution is 5.91. The molecule has 0 aliphatic heterocycles. The predicted molar refractivity (Wildman–Crippen MR) is 141 cm³/mol. The van der Waals surface area contributed by atoms with Gasteiger partial charge in [-0.15, -0.1) is 19.7 Å². The van der Waals surface area contributed by atoms with Crippen LogP contribution in [0.1, 0.15) is 78.3 Å². The van der Waals surface area contributed by atoms with Gasteiger partial charge >= 0.3 is 0 Å². The number of unbranched alkanes of at least 4 members (excludes halogenated alkanes) is 2. The van der Waals surface area contributed by atoms with E-state index in [9.17, 15) is 0 Å². The van der Waals surface area contributed by atoms with Crippen LogP contribution in [0.25, 0.3) is 11.6 Å². The summed E-state index contributed by atoms with van der Waals surface area (Å²) in [6, 6.07) is 13.6. The summed E-state index contributed by atoms with van der Waals surface area (Å²) in [7, 11) is 0. The van der Waals surface area contributed by atoms with Crippen LogP contribution in [0.15, 0.2) is 85.5 Å². The highest BCUT2D eigenvalue weighted by Gasteiger charge is 2.35. The van der Waals surface area contributed by atoms with Crippen molar-refractivity contribution in [2.45, 2.75) is 57.8 Å². The normalized spacial score (nSPS) is 16.5. The van der Waals surface area contributed by atoms with Crippen LogP contribution in [0, 0.1) is 6.42 Å². The number of aryl methyl sites for hydroxylation is 1. The average molecular weight is 420 g/mol. The zero-order valence-corrected chi connectivity index (χ0v) is 19.5. The van der Waals surface area contributed by atoms with E-state index in [0.29, 0.717) is 0 Å². The lowest BCUT2D eigenvalue weighted by atomic mass is 9.80. The minimum Gasteiger partial charge on any atom is -0.103 e. The van der Waals surface area contributed by atoms with Crippen molar-refractivity contribution >= 4 is 11.6 Å². The van der Waals surface area contributed by atoms with Crippen molar-refractivity contribution in [3.8, 4) is 0 Å². The number of allylic oxidation sites excluding steroid dienone is 6. The fourth-order valence-electron chi connectivity index (χ4n) is 5.47. The molecule has 2 aromatic carbocycles. The van der Waals surface area contributed by atoms with Gasteiger partial charge < -0.3 is 0 Å². The Morgan fingerprint density at radius 3 is 2.34 bits per heavy atom. The molecule has 2 aliphatic carbocycles. The molecule has 1 unspecified atom stereocenters. The first-order valence-corrected chi connectivity index (χ1v) is 12.1. The molecule has 0 spiro atoms. The first kappa shape index (κ1) is 22.3. The summed E-state index contributed by atoms with van der Waals surface area (Å²) >= 11 is 0. The molecule has 0 N–H and O–H groups in total. The topological polar surface area (TPSA) is 0 Å². The molecule has 1 radical (unpaired) electrons. The standard InChI is InChI=1S/C32H35/c1-5-9-10-16-23-17-12-20-28-29(23)22-26(15-8-4)31(28)32-25(14-7-3)21-27-19-11-18-24(13-6-2)30(27)32/h6-8,11-12,17-22,31H,2-5,9-10,13-16H2,1H3. The summed E-state index contributed by atoms with van der Waals surface area (Å²) in [5, 5.41) is 0. The van der Waals surface area contributed by atoms with E-state index >= 15 is 0 Å². The first-order chi connectivity index (χ1) is 15.7. The Balaban J connectivity index is 1.87. The monoisotopic (exact) mass is 419 g/mol. The lowest BCUT2D eigenvalue weighted by Gasteiger charge is -2.23. The van der Waals surface area contributed by atoms with Crippen LogP contribution in [0.4, 0.5) is 0 Å². The summed E-state index contributed by atoms with van der Waals surface area (Å²) < 4.78 is 0. The van der Waals surface area contributed by atoms with Gasteiger partial charge in [0.1, 0.15) is 0 Å². The van der Waals surface area contributed by atoms with Gasteiger partial charge in [-0.05, 0) is 71.1 Å². The van der Waals surface area contributed by atoms with E-state index in [4.69, 9.17) is 0 Å². The summed E-state index contributed by atoms with van der Waals surface area (Å²) in [5.41, 5.74) is 12.8. The summed E-state index contributed by atoms with van der Waals surface area (Å²) in [5.74, 6) is 0.285. The predicted octanol–water partition coefficient (Wildman–Crippen LogP) is 8.80. The van der Waals surface area contributed by atoms with E-state index in [1.807, 2.05) is 12.2 Å². The first-order valence-electron chi connectivity index (χ1n) is 12.1. The van der Waals surface area contributed by atoms with Crippen molar-refractivity contribution in [2.24, 2.45) is 0 Å². The van der Waals surface area contributed by atoms with E-state index in [1.54, 1.807) is 0 Å². The molecular formula is C32H35. The van der Waals surface area contributed by atoms with Gasteiger partial charge in [0.25, 0.3) is 0 Å². The zero-order valence-electron chi connectivity index (χ0n) is 19.5. The highest BCUT2D eigenvalue weighted by Crippen LogP contribution is 2.53. The fourth-order valence-corrected chi connectivity index (χ4v) is 5.47. The second kappa shape index (κ2) is 10.2. The molecule has 32 heavy (non-hydrogen) atoms. The van der Waals surface area contributed by atoms with Gasteiger partial charge in [-0.3, -0.25) is 0 Å². The molecule has 0 nitrogen and oxygen atoms in total. The Kier molecular flexibility index (Phi) is 7.10. The summed E-state index contributed by atoms with van der Waals surface area (Å²) in [4.78, 5) is 0. The SMILES string of the molecule is C=CCC1=Cc2c(CCCCC)cccc2C1C1=C(CC=C)[CH]c2cccc(CC=C)c21. The lowest BCUT2D eigenvalue weighted by Crippen LogP contribution is -2.06. The minimum absolute atomic E-state index is 0.285. The van der Waals surface area contributed by atoms with Gasteiger partial charge in [0.2, 0.25) is 0 Å². The highest BCUT2D eigenvalue weighted by atomic mass is 14.4. The molecular weight excluding hydrogens is 384 g/mol. The van der Waals surface area contributed by atoms with Crippen LogP contribution in [0.3, 0.4) is 0 Å². The molecule has 0 amide bonds. The van der Waals surface area contributed by atoms with Crippen LogP contribution < -0.4 is 0 Å². The Labute approximate surface area is 194 Å². The van der Waals surface area contributed by atoms with E-state index in [-0.39, 0.29) is 5.92 Å². The molecule has 2 aromatic rings. The van der Waals surface area contributed by atoms with Crippen LogP contribution in [0.5, 0.6) is 0 Å². The van der Waals surface area contributed by atoms with Crippen molar-refractivity contribution in [1.82, 2.24) is 0 Å². The van der Waals surface area contributed by atoms with Crippen molar-refractivity contribution in [1.29, 1.82) is 0 Å². The van der Waals surface area contributed by atoms with Crippen molar-refractivity contribution in [2.75, 3.05) is 0 Å². The number of fused-ring (bicyclic) bond motifs is 2. The fraction of sp³-hybridized carbons (Fsp3) is 0.281. The Morgan fingerprint density at radius 2 is 1.59 bits per heavy atom. The van der Waals surface area contributed by atoms with E-state index < -0.39 is 0 Å². The molecule has 1 atom stereocenters. The number of rotatable bonds is 11. The molecule has 0 saturated carbocycles. The number of hydrogen-bond acceptors (Lipinski definition) is 0. The molecule has 4 rings (SSSR count). The summed E-state index contributed by atoms with van der Waals surface area (Å²) in [6.07, 6.45) is 18.6. The Morgan fingerprint density at radius 1 is 0.844 bits per heavy atom. The number of hydrogen-bond donors (Lipinski definition) is 0. The molecule has 0 bridgehead atoms. The average Bonchev–Trinajstić information content (AvgIpc) is 3.33.